The number of imidazole rings is 1. The molecular formula is C26H22N4O2. The van der Waals surface area contributed by atoms with Crippen LogP contribution in [0.4, 0.5) is 5.69 Å². The molecule has 32 heavy (non-hydrogen) atoms. The molecule has 0 saturated heterocycles. The van der Waals surface area contributed by atoms with Gasteiger partial charge in [0.1, 0.15) is 5.82 Å². The molecule has 0 unspecified atom stereocenters. The summed E-state index contributed by atoms with van der Waals surface area (Å²) in [7, 11) is 0. The van der Waals surface area contributed by atoms with Gasteiger partial charge in [0.05, 0.1) is 17.2 Å². The zero-order valence-corrected chi connectivity index (χ0v) is 17.6. The van der Waals surface area contributed by atoms with E-state index in [2.05, 4.69) is 20.3 Å². The Morgan fingerprint density at radius 2 is 1.84 bits per heavy atom. The van der Waals surface area contributed by atoms with E-state index in [0.717, 1.165) is 33.7 Å². The van der Waals surface area contributed by atoms with Crippen LogP contribution in [0.25, 0.3) is 33.7 Å². The molecule has 0 atom stereocenters. The predicted octanol–water partition coefficient (Wildman–Crippen LogP) is 5.76. The number of oxazole rings is 1. The quantitative estimate of drug-likeness (QED) is 0.364. The number of amides is 1. The van der Waals surface area contributed by atoms with Crippen molar-refractivity contribution in [3.8, 4) is 22.7 Å². The van der Waals surface area contributed by atoms with Gasteiger partial charge >= 0.3 is 0 Å². The highest BCUT2D eigenvalue weighted by Crippen LogP contribution is 2.24. The van der Waals surface area contributed by atoms with Crippen molar-refractivity contribution in [3.63, 3.8) is 0 Å². The molecule has 2 aromatic heterocycles. The smallest absolute Gasteiger partial charge is 0.224 e. The van der Waals surface area contributed by atoms with Gasteiger partial charge in [0.25, 0.3) is 0 Å². The number of H-pyrrole nitrogens is 1. The number of fused-ring (bicyclic) bond motifs is 1. The fourth-order valence-corrected chi connectivity index (χ4v) is 3.55. The molecular weight excluding hydrogens is 400 g/mol. The molecule has 0 aliphatic carbocycles. The Morgan fingerprint density at radius 3 is 2.69 bits per heavy atom. The number of nitrogens with zero attached hydrogens (tertiary/aromatic N) is 2. The van der Waals surface area contributed by atoms with E-state index in [-0.39, 0.29) is 12.3 Å². The molecule has 0 aliphatic heterocycles. The highest BCUT2D eigenvalue weighted by molar-refractivity contribution is 5.91. The SMILES string of the molecule is Cc1ccc(-c2cnc(CCC(=O)Nc3cccc(-c4nc5ccccc5[nH]4)c3)o2)cc1. The van der Waals surface area contributed by atoms with Crippen LogP contribution in [0.3, 0.4) is 0 Å². The lowest BCUT2D eigenvalue weighted by Crippen LogP contribution is -2.12. The Hall–Kier alpha value is -4.19. The number of benzene rings is 3. The summed E-state index contributed by atoms with van der Waals surface area (Å²) in [5.74, 6) is 1.93. The van der Waals surface area contributed by atoms with E-state index in [1.807, 2.05) is 79.7 Å². The molecule has 1 amide bonds. The van der Waals surface area contributed by atoms with E-state index in [4.69, 9.17) is 4.42 Å². The van der Waals surface area contributed by atoms with Crippen LogP contribution in [-0.2, 0) is 11.2 Å². The second-order valence-electron chi connectivity index (χ2n) is 7.72. The Labute approximate surface area is 185 Å². The largest absolute Gasteiger partial charge is 0.441 e. The van der Waals surface area contributed by atoms with E-state index in [1.165, 1.54) is 5.56 Å². The van der Waals surface area contributed by atoms with Crippen molar-refractivity contribution in [2.75, 3.05) is 5.32 Å². The molecule has 3 aromatic carbocycles. The maximum Gasteiger partial charge on any atom is 0.224 e. The van der Waals surface area contributed by atoms with Crippen LogP contribution in [0, 0.1) is 6.92 Å². The minimum absolute atomic E-state index is 0.0955. The third kappa shape index (κ3) is 4.30. The number of carbonyl (C=O) groups excluding carboxylic acids is 1. The number of para-hydroxylation sites is 2. The first-order valence-electron chi connectivity index (χ1n) is 10.5. The number of nitrogens with one attached hydrogen (secondary N) is 2. The Bertz CT molecular complexity index is 1350. The number of hydrogen-bond acceptors (Lipinski definition) is 4. The zero-order chi connectivity index (χ0) is 21.9. The number of hydrogen-bond donors (Lipinski definition) is 2. The number of anilines is 1. The minimum Gasteiger partial charge on any atom is -0.441 e. The van der Waals surface area contributed by atoms with Crippen LogP contribution in [0.2, 0.25) is 0 Å². The lowest BCUT2D eigenvalue weighted by Gasteiger charge is -2.06. The van der Waals surface area contributed by atoms with Gasteiger partial charge in [0, 0.05) is 29.7 Å². The monoisotopic (exact) mass is 422 g/mol. The molecule has 0 fully saturated rings. The second-order valence-corrected chi connectivity index (χ2v) is 7.72. The number of carbonyl (C=O) groups is 1. The molecule has 6 nitrogen and oxygen atoms in total. The minimum atomic E-state index is -0.0955. The van der Waals surface area contributed by atoms with Crippen molar-refractivity contribution in [1.82, 2.24) is 15.0 Å². The normalized spacial score (nSPS) is 11.0. The summed E-state index contributed by atoms with van der Waals surface area (Å²) in [6.45, 7) is 2.04. The number of rotatable bonds is 6. The fraction of sp³-hybridized carbons (Fsp3) is 0.115. The lowest BCUT2D eigenvalue weighted by molar-refractivity contribution is -0.116. The third-order valence-corrected chi connectivity index (χ3v) is 5.26. The van der Waals surface area contributed by atoms with Crippen molar-refractivity contribution in [2.45, 2.75) is 19.8 Å². The summed E-state index contributed by atoms with van der Waals surface area (Å²) in [5, 5.41) is 2.95. The Kier molecular flexibility index (Phi) is 5.25. The third-order valence-electron chi connectivity index (χ3n) is 5.26. The molecule has 158 valence electrons. The van der Waals surface area contributed by atoms with Crippen LogP contribution in [-0.4, -0.2) is 20.9 Å². The van der Waals surface area contributed by atoms with Gasteiger partial charge in [-0.1, -0.05) is 54.1 Å². The van der Waals surface area contributed by atoms with Crippen molar-refractivity contribution < 1.29 is 9.21 Å². The van der Waals surface area contributed by atoms with E-state index < -0.39 is 0 Å². The van der Waals surface area contributed by atoms with Crippen LogP contribution >= 0.6 is 0 Å². The van der Waals surface area contributed by atoms with Crippen molar-refractivity contribution >= 4 is 22.6 Å². The first-order valence-corrected chi connectivity index (χ1v) is 10.5. The average molecular weight is 422 g/mol. The molecule has 5 rings (SSSR count). The standard InChI is InChI=1S/C26H22N4O2/c1-17-9-11-18(12-10-17)23-16-27-25(32-23)14-13-24(31)28-20-6-4-5-19(15-20)26-29-21-7-2-3-8-22(21)30-26/h2-12,15-16H,13-14H2,1H3,(H,28,31)(H,29,30). The van der Waals surface area contributed by atoms with Crippen molar-refractivity contribution in [3.05, 3.63) is 90.4 Å². The fourth-order valence-electron chi connectivity index (χ4n) is 3.55. The summed E-state index contributed by atoms with van der Waals surface area (Å²) in [5.41, 5.74) is 5.69. The molecule has 0 aliphatic rings. The van der Waals surface area contributed by atoms with Gasteiger partial charge in [0.15, 0.2) is 11.7 Å². The van der Waals surface area contributed by atoms with E-state index >= 15 is 0 Å². The predicted molar refractivity (Wildman–Crippen MR) is 125 cm³/mol. The lowest BCUT2D eigenvalue weighted by atomic mass is 10.1. The van der Waals surface area contributed by atoms with Gasteiger partial charge in [-0.25, -0.2) is 9.97 Å². The van der Waals surface area contributed by atoms with Gasteiger partial charge in [-0.15, -0.1) is 0 Å². The summed E-state index contributed by atoms with van der Waals surface area (Å²) in [4.78, 5) is 24.7. The average Bonchev–Trinajstić information content (AvgIpc) is 3.46. The van der Waals surface area contributed by atoms with Crippen molar-refractivity contribution in [1.29, 1.82) is 0 Å². The first-order chi connectivity index (χ1) is 15.6. The topological polar surface area (TPSA) is 83.8 Å². The van der Waals surface area contributed by atoms with Crippen LogP contribution in [0.15, 0.2) is 83.4 Å². The molecule has 5 aromatic rings. The summed E-state index contributed by atoms with van der Waals surface area (Å²) >= 11 is 0. The highest BCUT2D eigenvalue weighted by atomic mass is 16.4. The summed E-state index contributed by atoms with van der Waals surface area (Å²) < 4.78 is 5.81. The maximum absolute atomic E-state index is 12.5. The van der Waals surface area contributed by atoms with Gasteiger partial charge < -0.3 is 14.7 Å². The van der Waals surface area contributed by atoms with E-state index in [1.54, 1.807) is 6.20 Å². The number of aromatic amines is 1. The summed E-state index contributed by atoms with van der Waals surface area (Å²) in [6, 6.07) is 23.6. The van der Waals surface area contributed by atoms with Gasteiger partial charge in [0.2, 0.25) is 5.91 Å². The molecule has 0 spiro atoms. The van der Waals surface area contributed by atoms with Crippen LogP contribution in [0.1, 0.15) is 17.9 Å². The molecule has 0 radical (unpaired) electrons. The Morgan fingerprint density at radius 1 is 1.00 bits per heavy atom. The first kappa shape index (κ1) is 19.8. The molecule has 0 saturated carbocycles. The van der Waals surface area contributed by atoms with Gasteiger partial charge in [-0.2, -0.15) is 0 Å². The van der Waals surface area contributed by atoms with Crippen LogP contribution < -0.4 is 5.32 Å². The number of aromatic nitrogens is 3. The highest BCUT2D eigenvalue weighted by Gasteiger charge is 2.11. The van der Waals surface area contributed by atoms with Gasteiger partial charge in [-0.3, -0.25) is 4.79 Å². The molecule has 6 heteroatoms. The number of aryl methyl sites for hydroxylation is 2. The molecule has 0 bridgehead atoms. The van der Waals surface area contributed by atoms with E-state index in [0.29, 0.717) is 18.1 Å². The molecule has 2 heterocycles. The summed E-state index contributed by atoms with van der Waals surface area (Å²) in [6.07, 6.45) is 2.42. The maximum atomic E-state index is 12.5. The van der Waals surface area contributed by atoms with Gasteiger partial charge in [-0.05, 0) is 31.2 Å². The Balaban J connectivity index is 1.22. The van der Waals surface area contributed by atoms with E-state index in [9.17, 15) is 4.79 Å². The zero-order valence-electron chi connectivity index (χ0n) is 17.6. The molecule has 2 N–H and O–H groups in total. The second kappa shape index (κ2) is 8.51. The van der Waals surface area contributed by atoms with Crippen molar-refractivity contribution in [2.24, 2.45) is 0 Å². The van der Waals surface area contributed by atoms with Crippen LogP contribution in [0.5, 0.6) is 0 Å².